The molecule has 1 aromatic rings. The van der Waals surface area contributed by atoms with Crippen LogP contribution in [0.4, 0.5) is 8.78 Å². The van der Waals surface area contributed by atoms with Crippen LogP contribution in [0, 0.1) is 17.6 Å². The van der Waals surface area contributed by atoms with Gasteiger partial charge in [0, 0.05) is 24.7 Å². The lowest BCUT2D eigenvalue weighted by Gasteiger charge is -2.17. The van der Waals surface area contributed by atoms with Crippen LogP contribution < -0.4 is 0 Å². The first-order valence-electron chi connectivity index (χ1n) is 5.90. The number of rotatable bonds is 3. The zero-order valence-corrected chi connectivity index (χ0v) is 9.87. The van der Waals surface area contributed by atoms with Crippen LogP contribution in [-0.2, 0) is 6.54 Å². The van der Waals surface area contributed by atoms with Crippen LogP contribution in [0.2, 0.25) is 0 Å². The predicted octanol–water partition coefficient (Wildman–Crippen LogP) is 2.17. The van der Waals surface area contributed by atoms with E-state index in [0.29, 0.717) is 12.1 Å². The highest BCUT2D eigenvalue weighted by Gasteiger charge is 2.26. The molecule has 0 aromatic heterocycles. The maximum Gasteiger partial charge on any atom is 0.130 e. The first kappa shape index (κ1) is 12.5. The van der Waals surface area contributed by atoms with Crippen LogP contribution in [-0.4, -0.2) is 29.2 Å². The summed E-state index contributed by atoms with van der Waals surface area (Å²) in [7, 11) is 0. The van der Waals surface area contributed by atoms with Crippen molar-refractivity contribution in [2.75, 3.05) is 13.1 Å². The highest BCUT2D eigenvalue weighted by atomic mass is 19.1. The smallest absolute Gasteiger partial charge is 0.130 e. The monoisotopic (exact) mass is 241 g/mol. The topological polar surface area (TPSA) is 23.5 Å². The number of nitrogens with zero attached hydrogens (tertiary/aromatic N) is 1. The summed E-state index contributed by atoms with van der Waals surface area (Å²) in [4.78, 5) is 2.09. The first-order chi connectivity index (χ1) is 8.06. The highest BCUT2D eigenvalue weighted by molar-refractivity contribution is 5.18. The number of hydrogen-bond donors (Lipinski definition) is 1. The Bertz CT molecular complexity index is 395. The summed E-state index contributed by atoms with van der Waals surface area (Å²) in [6.45, 7) is 3.89. The zero-order valence-electron chi connectivity index (χ0n) is 9.87. The second-order valence-corrected chi connectivity index (χ2v) is 4.76. The van der Waals surface area contributed by atoms with E-state index in [4.69, 9.17) is 0 Å². The Labute approximate surface area is 99.9 Å². The van der Waals surface area contributed by atoms with E-state index in [-0.39, 0.29) is 12.0 Å². The molecule has 0 saturated carbocycles. The number of likely N-dealkylation sites (tertiary alicyclic amines) is 1. The van der Waals surface area contributed by atoms with Gasteiger partial charge in [-0.15, -0.1) is 0 Å². The summed E-state index contributed by atoms with van der Waals surface area (Å²) >= 11 is 0. The lowest BCUT2D eigenvalue weighted by molar-refractivity contribution is 0.127. The second-order valence-electron chi connectivity index (χ2n) is 4.76. The fraction of sp³-hybridized carbons (Fsp3) is 0.538. The number of hydrogen-bond acceptors (Lipinski definition) is 2. The van der Waals surface area contributed by atoms with E-state index in [2.05, 4.69) is 4.90 Å². The molecule has 1 heterocycles. The molecule has 2 nitrogen and oxygen atoms in total. The van der Waals surface area contributed by atoms with Gasteiger partial charge in [-0.05, 0) is 31.9 Å². The van der Waals surface area contributed by atoms with Gasteiger partial charge in [-0.1, -0.05) is 6.07 Å². The quantitative estimate of drug-likeness (QED) is 0.876. The molecule has 1 aliphatic rings. The van der Waals surface area contributed by atoms with Gasteiger partial charge in [0.1, 0.15) is 11.6 Å². The van der Waals surface area contributed by atoms with Crippen molar-refractivity contribution in [1.29, 1.82) is 0 Å². The van der Waals surface area contributed by atoms with E-state index < -0.39 is 11.6 Å². The largest absolute Gasteiger partial charge is 0.393 e. The van der Waals surface area contributed by atoms with Crippen molar-refractivity contribution >= 4 is 0 Å². The van der Waals surface area contributed by atoms with Crippen molar-refractivity contribution in [2.45, 2.75) is 26.0 Å². The van der Waals surface area contributed by atoms with Crippen LogP contribution in [0.25, 0.3) is 0 Å². The van der Waals surface area contributed by atoms with Crippen LogP contribution in [0.3, 0.4) is 0 Å². The van der Waals surface area contributed by atoms with Gasteiger partial charge in [-0.3, -0.25) is 4.90 Å². The predicted molar refractivity (Wildman–Crippen MR) is 61.4 cm³/mol. The third kappa shape index (κ3) is 3.01. The average Bonchev–Trinajstić information content (AvgIpc) is 2.71. The highest BCUT2D eigenvalue weighted by Crippen LogP contribution is 2.22. The molecule has 1 aliphatic heterocycles. The molecular formula is C13H17F2NO. The molecule has 0 radical (unpaired) electrons. The Morgan fingerprint density at radius 2 is 2.24 bits per heavy atom. The summed E-state index contributed by atoms with van der Waals surface area (Å²) < 4.78 is 26.2. The molecule has 1 aromatic carbocycles. The molecular weight excluding hydrogens is 224 g/mol. The molecule has 0 spiro atoms. The van der Waals surface area contributed by atoms with Crippen LogP contribution in [0.5, 0.6) is 0 Å². The SMILES string of the molecule is CC(O)C1CCN(Cc2ccc(F)cc2F)C1. The van der Waals surface area contributed by atoms with Crippen LogP contribution in [0.1, 0.15) is 18.9 Å². The van der Waals surface area contributed by atoms with E-state index in [1.165, 1.54) is 12.1 Å². The summed E-state index contributed by atoms with van der Waals surface area (Å²) in [5, 5.41) is 9.48. The minimum atomic E-state index is -0.547. The minimum absolute atomic E-state index is 0.263. The van der Waals surface area contributed by atoms with Crippen LogP contribution in [0.15, 0.2) is 18.2 Å². The van der Waals surface area contributed by atoms with Gasteiger partial charge < -0.3 is 5.11 Å². The van der Waals surface area contributed by atoms with E-state index in [9.17, 15) is 13.9 Å². The number of aliphatic hydroxyl groups excluding tert-OH is 1. The third-order valence-corrected chi connectivity index (χ3v) is 3.40. The summed E-state index contributed by atoms with van der Waals surface area (Å²) in [5.74, 6) is -0.779. The average molecular weight is 241 g/mol. The summed E-state index contributed by atoms with van der Waals surface area (Å²) in [5.41, 5.74) is 0.512. The molecule has 1 N–H and O–H groups in total. The van der Waals surface area contributed by atoms with Gasteiger partial charge in [0.05, 0.1) is 6.10 Å². The van der Waals surface area contributed by atoms with Crippen molar-refractivity contribution in [2.24, 2.45) is 5.92 Å². The zero-order chi connectivity index (χ0) is 12.4. The Kier molecular flexibility index (Phi) is 3.74. The molecule has 0 amide bonds. The van der Waals surface area contributed by atoms with Crippen molar-refractivity contribution in [1.82, 2.24) is 4.90 Å². The minimum Gasteiger partial charge on any atom is -0.393 e. The third-order valence-electron chi connectivity index (χ3n) is 3.40. The van der Waals surface area contributed by atoms with Gasteiger partial charge in [-0.25, -0.2) is 8.78 Å². The maximum atomic E-state index is 13.4. The number of halogens is 2. The van der Waals surface area contributed by atoms with E-state index in [0.717, 1.165) is 25.6 Å². The molecule has 0 bridgehead atoms. The maximum absolute atomic E-state index is 13.4. The lowest BCUT2D eigenvalue weighted by atomic mass is 10.0. The molecule has 94 valence electrons. The normalized spacial score (nSPS) is 22.9. The molecule has 4 heteroatoms. The van der Waals surface area contributed by atoms with Crippen molar-refractivity contribution in [3.63, 3.8) is 0 Å². The molecule has 1 fully saturated rings. The Hall–Kier alpha value is -1.00. The molecule has 2 rings (SSSR count). The van der Waals surface area contributed by atoms with Crippen molar-refractivity contribution in [3.8, 4) is 0 Å². The van der Waals surface area contributed by atoms with E-state index in [1.807, 2.05) is 0 Å². The van der Waals surface area contributed by atoms with Crippen LogP contribution >= 0.6 is 0 Å². The molecule has 1 saturated heterocycles. The molecule has 2 unspecified atom stereocenters. The fourth-order valence-electron chi connectivity index (χ4n) is 2.29. The van der Waals surface area contributed by atoms with Crippen molar-refractivity contribution in [3.05, 3.63) is 35.4 Å². The summed E-state index contributed by atoms with van der Waals surface area (Å²) in [6.07, 6.45) is 0.610. The standard InChI is InChI=1S/C13H17F2NO/c1-9(17)10-4-5-16(7-10)8-11-2-3-12(14)6-13(11)15/h2-3,6,9-10,17H,4-5,7-8H2,1H3. The number of aliphatic hydroxyl groups is 1. The Morgan fingerprint density at radius 3 is 2.82 bits per heavy atom. The van der Waals surface area contributed by atoms with Gasteiger partial charge in [-0.2, -0.15) is 0 Å². The first-order valence-corrected chi connectivity index (χ1v) is 5.90. The van der Waals surface area contributed by atoms with Crippen molar-refractivity contribution < 1.29 is 13.9 Å². The van der Waals surface area contributed by atoms with Gasteiger partial charge in [0.2, 0.25) is 0 Å². The van der Waals surface area contributed by atoms with Gasteiger partial charge in [0.15, 0.2) is 0 Å². The molecule has 2 atom stereocenters. The number of benzene rings is 1. The van der Waals surface area contributed by atoms with E-state index in [1.54, 1.807) is 6.92 Å². The Morgan fingerprint density at radius 1 is 1.47 bits per heavy atom. The second kappa shape index (κ2) is 5.10. The molecule has 17 heavy (non-hydrogen) atoms. The summed E-state index contributed by atoms with van der Waals surface area (Å²) in [6, 6.07) is 3.68. The van der Waals surface area contributed by atoms with E-state index >= 15 is 0 Å². The lowest BCUT2D eigenvalue weighted by Crippen LogP contribution is -2.24. The molecule has 0 aliphatic carbocycles. The van der Waals surface area contributed by atoms with Gasteiger partial charge in [0.25, 0.3) is 0 Å². The Balaban J connectivity index is 1.98. The van der Waals surface area contributed by atoms with Gasteiger partial charge >= 0.3 is 0 Å². The fourth-order valence-corrected chi connectivity index (χ4v) is 2.29.